The summed E-state index contributed by atoms with van der Waals surface area (Å²) in [5.41, 5.74) is 5.68. The number of nitrogens with two attached hydrogens (primary N) is 1. The molecule has 2 fully saturated rings. The van der Waals surface area contributed by atoms with Gasteiger partial charge in [0, 0.05) is 10.8 Å². The zero-order chi connectivity index (χ0) is 9.09. The molecule has 0 unspecified atom stereocenters. The lowest BCUT2D eigenvalue weighted by Crippen LogP contribution is -2.66. The fourth-order valence-corrected chi connectivity index (χ4v) is 3.39. The lowest BCUT2D eigenvalue weighted by molar-refractivity contribution is -0.146. The van der Waals surface area contributed by atoms with E-state index in [2.05, 4.69) is 20.8 Å². The van der Waals surface area contributed by atoms with Crippen LogP contribution < -0.4 is 5.73 Å². The third kappa shape index (κ3) is 0.796. The van der Waals surface area contributed by atoms with Crippen molar-refractivity contribution in [2.24, 2.45) is 5.73 Å². The summed E-state index contributed by atoms with van der Waals surface area (Å²) in [7, 11) is 0. The molecule has 2 aliphatic rings. The minimum Gasteiger partial charge on any atom is -0.323 e. The van der Waals surface area contributed by atoms with Gasteiger partial charge in [-0.1, -0.05) is 0 Å². The van der Waals surface area contributed by atoms with Crippen LogP contribution in [0.15, 0.2) is 0 Å². The van der Waals surface area contributed by atoms with Crippen molar-refractivity contribution in [3.63, 3.8) is 0 Å². The summed E-state index contributed by atoms with van der Waals surface area (Å²) >= 11 is 1.82. The van der Waals surface area contributed by atoms with Crippen LogP contribution in [0.5, 0.6) is 0 Å². The van der Waals surface area contributed by atoms with Gasteiger partial charge in [0.25, 0.3) is 0 Å². The number of fused-ring (bicyclic) bond motifs is 1. The zero-order valence-electron chi connectivity index (χ0n) is 7.57. The Kier molecular flexibility index (Phi) is 1.52. The van der Waals surface area contributed by atoms with Crippen molar-refractivity contribution < 1.29 is 4.79 Å². The molecule has 0 aromatic rings. The predicted octanol–water partition coefficient (Wildman–Crippen LogP) is 0.396. The summed E-state index contributed by atoms with van der Waals surface area (Å²) in [6, 6.07) is 0.0685. The van der Waals surface area contributed by atoms with Crippen molar-refractivity contribution in [3.8, 4) is 0 Å². The molecule has 3 atom stereocenters. The van der Waals surface area contributed by atoms with Gasteiger partial charge in [0.2, 0.25) is 5.91 Å². The number of nitrogens with zero attached hydrogens (tertiary/aromatic N) is 1. The average molecular weight is 186 g/mol. The van der Waals surface area contributed by atoms with Crippen molar-refractivity contribution in [1.29, 1.82) is 0 Å². The SMILES string of the molecule is C[C@H]1N2C(=O)[C@H](N)[C@@H]2SC1(C)C. The number of amides is 1. The second-order valence-electron chi connectivity index (χ2n) is 4.06. The zero-order valence-corrected chi connectivity index (χ0v) is 8.39. The van der Waals surface area contributed by atoms with Crippen molar-refractivity contribution in [1.82, 2.24) is 4.90 Å². The van der Waals surface area contributed by atoms with E-state index in [1.54, 1.807) is 0 Å². The van der Waals surface area contributed by atoms with Crippen molar-refractivity contribution in [3.05, 3.63) is 0 Å². The van der Waals surface area contributed by atoms with Gasteiger partial charge < -0.3 is 10.6 Å². The highest BCUT2D eigenvalue weighted by molar-refractivity contribution is 8.01. The van der Waals surface area contributed by atoms with Crippen LogP contribution in [-0.2, 0) is 4.79 Å². The highest BCUT2D eigenvalue weighted by Gasteiger charge is 2.58. The molecule has 68 valence electrons. The quantitative estimate of drug-likeness (QED) is 0.557. The molecule has 2 aliphatic heterocycles. The van der Waals surface area contributed by atoms with Crippen LogP contribution in [0.4, 0.5) is 0 Å². The Hall–Kier alpha value is -0.220. The summed E-state index contributed by atoms with van der Waals surface area (Å²) in [4.78, 5) is 13.2. The van der Waals surface area contributed by atoms with Crippen LogP contribution in [0.25, 0.3) is 0 Å². The Morgan fingerprint density at radius 3 is 2.67 bits per heavy atom. The van der Waals surface area contributed by atoms with Crippen molar-refractivity contribution >= 4 is 17.7 Å². The molecule has 0 spiro atoms. The number of hydrogen-bond donors (Lipinski definition) is 1. The Morgan fingerprint density at radius 2 is 2.17 bits per heavy atom. The first kappa shape index (κ1) is 8.38. The fraction of sp³-hybridized carbons (Fsp3) is 0.875. The highest BCUT2D eigenvalue weighted by atomic mass is 32.2. The van der Waals surface area contributed by atoms with Crippen molar-refractivity contribution in [2.75, 3.05) is 0 Å². The van der Waals surface area contributed by atoms with Crippen LogP contribution >= 0.6 is 11.8 Å². The first-order valence-electron chi connectivity index (χ1n) is 4.21. The summed E-state index contributed by atoms with van der Waals surface area (Å²) in [5.74, 6) is 0.116. The van der Waals surface area contributed by atoms with Crippen LogP contribution in [-0.4, -0.2) is 33.0 Å². The van der Waals surface area contributed by atoms with Gasteiger partial charge in [-0.3, -0.25) is 4.79 Å². The van der Waals surface area contributed by atoms with Gasteiger partial charge in [-0.2, -0.15) is 0 Å². The molecule has 0 radical (unpaired) electrons. The maximum absolute atomic E-state index is 11.3. The van der Waals surface area contributed by atoms with E-state index in [-0.39, 0.29) is 22.1 Å². The summed E-state index contributed by atoms with van der Waals surface area (Å²) in [6.45, 7) is 6.43. The number of hydrogen-bond acceptors (Lipinski definition) is 3. The standard InChI is InChI=1S/C8H14N2OS/c1-4-8(2,3)12-7-5(9)6(11)10(4)7/h4-5,7H,9H2,1-3H3/t4-,5+,7+/m1/s1. The molecule has 1 amide bonds. The topological polar surface area (TPSA) is 46.3 Å². The van der Waals surface area contributed by atoms with E-state index in [0.29, 0.717) is 6.04 Å². The molecule has 0 bridgehead atoms. The predicted molar refractivity (Wildman–Crippen MR) is 49.7 cm³/mol. The van der Waals surface area contributed by atoms with E-state index < -0.39 is 0 Å². The smallest absolute Gasteiger partial charge is 0.243 e. The summed E-state index contributed by atoms with van der Waals surface area (Å²) in [6.07, 6.45) is 0. The maximum Gasteiger partial charge on any atom is 0.243 e. The van der Waals surface area contributed by atoms with Crippen LogP contribution in [0.1, 0.15) is 20.8 Å². The second-order valence-corrected chi connectivity index (χ2v) is 5.83. The minimum atomic E-state index is -0.251. The molecular formula is C8H14N2OS. The van der Waals surface area contributed by atoms with Gasteiger partial charge in [-0.05, 0) is 20.8 Å². The summed E-state index contributed by atoms with van der Waals surface area (Å²) in [5, 5.41) is 0.238. The molecule has 2 N–H and O–H groups in total. The van der Waals surface area contributed by atoms with E-state index in [1.165, 1.54) is 0 Å². The Morgan fingerprint density at radius 1 is 1.58 bits per heavy atom. The first-order chi connectivity index (χ1) is 5.45. The molecule has 0 aromatic carbocycles. The van der Waals surface area contributed by atoms with E-state index in [4.69, 9.17) is 5.73 Å². The van der Waals surface area contributed by atoms with E-state index >= 15 is 0 Å². The fourth-order valence-electron chi connectivity index (χ4n) is 1.80. The Labute approximate surface area is 76.7 Å². The number of thioether (sulfide) groups is 1. The largest absolute Gasteiger partial charge is 0.323 e. The Bertz CT molecular complexity index is 241. The molecule has 2 rings (SSSR count). The number of carbonyl (C=O) groups excluding carboxylic acids is 1. The molecule has 3 nitrogen and oxygen atoms in total. The van der Waals surface area contributed by atoms with Crippen LogP contribution in [0.3, 0.4) is 0 Å². The van der Waals surface area contributed by atoms with E-state index in [9.17, 15) is 4.79 Å². The van der Waals surface area contributed by atoms with E-state index in [0.717, 1.165) is 0 Å². The summed E-state index contributed by atoms with van der Waals surface area (Å²) < 4.78 is 0.161. The lowest BCUT2D eigenvalue weighted by atomic mass is 9.98. The molecule has 0 aliphatic carbocycles. The van der Waals surface area contributed by atoms with Gasteiger partial charge in [-0.15, -0.1) is 11.8 Å². The third-order valence-electron chi connectivity index (χ3n) is 2.97. The molecule has 4 heteroatoms. The number of β-lactam (4-membered cyclic amide) rings is 1. The third-order valence-corrected chi connectivity index (χ3v) is 4.68. The Balaban J connectivity index is 2.24. The second kappa shape index (κ2) is 2.17. The molecular weight excluding hydrogens is 172 g/mol. The average Bonchev–Trinajstić information content (AvgIpc) is 2.21. The van der Waals surface area contributed by atoms with Crippen LogP contribution in [0.2, 0.25) is 0 Å². The molecule has 2 saturated heterocycles. The molecule has 2 heterocycles. The van der Waals surface area contributed by atoms with Gasteiger partial charge in [0.15, 0.2) is 0 Å². The molecule has 0 saturated carbocycles. The van der Waals surface area contributed by atoms with Crippen LogP contribution in [0, 0.1) is 0 Å². The van der Waals surface area contributed by atoms with Gasteiger partial charge in [-0.25, -0.2) is 0 Å². The number of carbonyl (C=O) groups is 1. The normalized spacial score (nSPS) is 44.2. The minimum absolute atomic E-state index is 0.116. The van der Waals surface area contributed by atoms with Gasteiger partial charge >= 0.3 is 0 Å². The molecule has 0 aromatic heterocycles. The van der Waals surface area contributed by atoms with Gasteiger partial charge in [0.05, 0.1) is 0 Å². The monoisotopic (exact) mass is 186 g/mol. The highest BCUT2D eigenvalue weighted by Crippen LogP contribution is 2.49. The first-order valence-corrected chi connectivity index (χ1v) is 5.08. The van der Waals surface area contributed by atoms with Gasteiger partial charge in [0.1, 0.15) is 11.4 Å². The van der Waals surface area contributed by atoms with Crippen molar-refractivity contribution in [2.45, 2.75) is 43.0 Å². The number of rotatable bonds is 0. The lowest BCUT2D eigenvalue weighted by Gasteiger charge is -2.42. The van der Waals surface area contributed by atoms with E-state index in [1.807, 2.05) is 16.7 Å². The maximum atomic E-state index is 11.3. The molecule has 12 heavy (non-hydrogen) atoms.